The van der Waals surface area contributed by atoms with Gasteiger partial charge in [0, 0.05) is 13.8 Å². The molecule has 0 aliphatic carbocycles. The predicted molar refractivity (Wildman–Crippen MR) is 78.0 cm³/mol. The van der Waals surface area contributed by atoms with Crippen molar-refractivity contribution in [2.45, 2.75) is 26.2 Å². The van der Waals surface area contributed by atoms with Gasteiger partial charge in [0.15, 0.2) is 0 Å². The molecule has 0 radical (unpaired) electrons. The number of amides is 1. The Morgan fingerprint density at radius 3 is 2.71 bits per heavy atom. The fourth-order valence-electron chi connectivity index (χ4n) is 2.03. The summed E-state index contributed by atoms with van der Waals surface area (Å²) in [6, 6.07) is 5.58. The summed E-state index contributed by atoms with van der Waals surface area (Å²) in [6.45, 7) is 3.02. The molecule has 126 valence electrons. The number of cyclic esters (lactones) is 1. The van der Waals surface area contributed by atoms with Crippen LogP contribution in [0.4, 0.5) is 4.39 Å². The maximum Gasteiger partial charge on any atom is 0.377 e. The van der Waals surface area contributed by atoms with E-state index < -0.39 is 23.5 Å². The molecule has 0 unspecified atom stereocenters. The maximum atomic E-state index is 13.3. The number of esters is 1. The third kappa shape index (κ3) is 3.88. The van der Waals surface area contributed by atoms with Crippen molar-refractivity contribution in [2.24, 2.45) is 0 Å². The van der Waals surface area contributed by atoms with E-state index in [1.807, 2.05) is 0 Å². The number of carbonyl (C=O) groups excluding carboxylic acids is 2. The van der Waals surface area contributed by atoms with E-state index in [2.05, 4.69) is 0 Å². The smallest absolute Gasteiger partial charge is 0.377 e. The Balaban J connectivity index is 2.16. The molecule has 1 heterocycles. The number of rotatable bonds is 4. The summed E-state index contributed by atoms with van der Waals surface area (Å²) >= 11 is 0. The van der Waals surface area contributed by atoms with Crippen LogP contribution < -0.4 is 0 Å². The van der Waals surface area contributed by atoms with Gasteiger partial charge in [-0.05, 0) is 17.7 Å². The molecule has 1 aromatic rings. The SMILES string of the molecule is CON(Cc1ccc(F)c(C#N)c1)C(=O)/C=C1/OC(C)(C)OC1=O. The molecule has 0 aromatic heterocycles. The molecule has 0 bridgehead atoms. The number of hydrogen-bond donors (Lipinski definition) is 0. The molecule has 1 aromatic carbocycles. The van der Waals surface area contributed by atoms with E-state index in [4.69, 9.17) is 19.6 Å². The molecular formula is C16H15FN2O5. The number of hydroxylamine groups is 2. The minimum atomic E-state index is -1.14. The molecule has 8 heteroatoms. The Morgan fingerprint density at radius 2 is 2.17 bits per heavy atom. The van der Waals surface area contributed by atoms with Crippen molar-refractivity contribution in [1.29, 1.82) is 5.26 Å². The molecule has 2 rings (SSSR count). The van der Waals surface area contributed by atoms with Crippen molar-refractivity contribution in [3.63, 3.8) is 0 Å². The van der Waals surface area contributed by atoms with E-state index in [-0.39, 0.29) is 17.9 Å². The summed E-state index contributed by atoms with van der Waals surface area (Å²) in [4.78, 5) is 28.8. The first kappa shape index (κ1) is 17.4. The molecule has 1 saturated heterocycles. The average Bonchev–Trinajstić information content (AvgIpc) is 2.78. The van der Waals surface area contributed by atoms with E-state index in [1.54, 1.807) is 6.07 Å². The van der Waals surface area contributed by atoms with Gasteiger partial charge in [0.2, 0.25) is 11.5 Å². The first-order valence-electron chi connectivity index (χ1n) is 6.94. The topological polar surface area (TPSA) is 88.9 Å². The zero-order valence-corrected chi connectivity index (χ0v) is 13.3. The Bertz CT molecular complexity index is 751. The first-order valence-corrected chi connectivity index (χ1v) is 6.94. The van der Waals surface area contributed by atoms with Gasteiger partial charge in [-0.1, -0.05) is 6.07 Å². The molecule has 1 amide bonds. The van der Waals surface area contributed by atoms with Crippen molar-refractivity contribution in [3.05, 3.63) is 47.0 Å². The standard InChI is InChI=1S/C16H15FN2O5/c1-16(2)23-13(15(21)24-16)7-14(20)19(22-3)9-10-4-5-12(17)11(6-10)8-18/h4-7H,9H2,1-3H3/b13-7+. The molecule has 1 fully saturated rings. The number of halogens is 1. The summed E-state index contributed by atoms with van der Waals surface area (Å²) < 4.78 is 23.5. The lowest BCUT2D eigenvalue weighted by atomic mass is 10.1. The van der Waals surface area contributed by atoms with Crippen LogP contribution in [-0.4, -0.2) is 29.8 Å². The molecule has 0 atom stereocenters. The highest BCUT2D eigenvalue weighted by atomic mass is 19.1. The zero-order chi connectivity index (χ0) is 17.9. The van der Waals surface area contributed by atoms with Gasteiger partial charge in [-0.15, -0.1) is 0 Å². The summed E-state index contributed by atoms with van der Waals surface area (Å²) in [6.07, 6.45) is 0.954. The van der Waals surface area contributed by atoms with Crippen LogP contribution in [0.5, 0.6) is 0 Å². The van der Waals surface area contributed by atoms with Crippen LogP contribution >= 0.6 is 0 Å². The summed E-state index contributed by atoms with van der Waals surface area (Å²) in [5.41, 5.74) is 0.343. The first-order chi connectivity index (χ1) is 11.3. The normalized spacial score (nSPS) is 17.1. The highest BCUT2D eigenvalue weighted by molar-refractivity contribution is 5.97. The lowest BCUT2D eigenvalue weighted by Gasteiger charge is -2.18. The molecule has 7 nitrogen and oxygen atoms in total. The number of benzene rings is 1. The molecule has 1 aliphatic rings. The van der Waals surface area contributed by atoms with Crippen LogP contribution in [0, 0.1) is 17.1 Å². The fourth-order valence-corrected chi connectivity index (χ4v) is 2.03. The van der Waals surface area contributed by atoms with Crippen molar-refractivity contribution >= 4 is 11.9 Å². The van der Waals surface area contributed by atoms with Crippen LogP contribution in [0.25, 0.3) is 0 Å². The largest absolute Gasteiger partial charge is 0.445 e. The molecule has 0 N–H and O–H groups in total. The second kappa shape index (κ2) is 6.68. The van der Waals surface area contributed by atoms with E-state index in [0.717, 1.165) is 17.2 Å². The van der Waals surface area contributed by atoms with Crippen LogP contribution in [0.15, 0.2) is 30.0 Å². The Kier molecular flexibility index (Phi) is 4.85. The second-order valence-corrected chi connectivity index (χ2v) is 5.38. The maximum absolute atomic E-state index is 13.3. The van der Waals surface area contributed by atoms with Gasteiger partial charge in [0.25, 0.3) is 5.91 Å². The van der Waals surface area contributed by atoms with Gasteiger partial charge >= 0.3 is 5.97 Å². The summed E-state index contributed by atoms with van der Waals surface area (Å²) in [5.74, 6) is -3.44. The molecule has 1 aliphatic heterocycles. The van der Waals surface area contributed by atoms with Crippen LogP contribution in [0.3, 0.4) is 0 Å². The van der Waals surface area contributed by atoms with Crippen molar-refractivity contribution in [3.8, 4) is 6.07 Å². The average molecular weight is 334 g/mol. The van der Waals surface area contributed by atoms with E-state index in [9.17, 15) is 14.0 Å². The van der Waals surface area contributed by atoms with Crippen molar-refractivity contribution < 1.29 is 28.3 Å². The monoisotopic (exact) mass is 334 g/mol. The third-order valence-corrected chi connectivity index (χ3v) is 3.09. The van der Waals surface area contributed by atoms with Gasteiger partial charge < -0.3 is 9.47 Å². The highest BCUT2D eigenvalue weighted by Gasteiger charge is 2.38. The highest BCUT2D eigenvalue weighted by Crippen LogP contribution is 2.26. The number of nitriles is 1. The Hall–Kier alpha value is -2.92. The van der Waals surface area contributed by atoms with Crippen LogP contribution in [-0.2, 0) is 30.4 Å². The minimum Gasteiger partial charge on any atom is -0.445 e. The minimum absolute atomic E-state index is 0.0491. The van der Waals surface area contributed by atoms with Crippen LogP contribution in [0.1, 0.15) is 25.0 Å². The number of nitrogens with zero attached hydrogens (tertiary/aromatic N) is 2. The quantitative estimate of drug-likeness (QED) is 0.474. The molecule has 24 heavy (non-hydrogen) atoms. The molecular weight excluding hydrogens is 319 g/mol. The summed E-state index contributed by atoms with van der Waals surface area (Å²) in [7, 11) is 1.27. The number of hydrogen-bond acceptors (Lipinski definition) is 6. The Morgan fingerprint density at radius 1 is 1.46 bits per heavy atom. The lowest BCUT2D eigenvalue weighted by Crippen LogP contribution is -2.28. The van der Waals surface area contributed by atoms with Crippen molar-refractivity contribution in [1.82, 2.24) is 5.06 Å². The van der Waals surface area contributed by atoms with E-state index >= 15 is 0 Å². The lowest BCUT2D eigenvalue weighted by molar-refractivity contribution is -0.173. The fraction of sp³-hybridized carbons (Fsp3) is 0.312. The zero-order valence-electron chi connectivity index (χ0n) is 13.3. The number of carbonyl (C=O) groups is 2. The van der Waals surface area contributed by atoms with Gasteiger partial charge in [-0.2, -0.15) is 5.26 Å². The van der Waals surface area contributed by atoms with Gasteiger partial charge in [-0.25, -0.2) is 14.2 Å². The van der Waals surface area contributed by atoms with Gasteiger partial charge in [0.05, 0.1) is 25.3 Å². The van der Waals surface area contributed by atoms with E-state index in [1.165, 1.54) is 33.1 Å². The van der Waals surface area contributed by atoms with Gasteiger partial charge in [0.1, 0.15) is 11.9 Å². The summed E-state index contributed by atoms with van der Waals surface area (Å²) in [5, 5.41) is 9.77. The third-order valence-electron chi connectivity index (χ3n) is 3.09. The van der Waals surface area contributed by atoms with Gasteiger partial charge in [-0.3, -0.25) is 9.63 Å². The second-order valence-electron chi connectivity index (χ2n) is 5.38. The predicted octanol–water partition coefficient (Wildman–Crippen LogP) is 1.78. The Labute approximate surface area is 137 Å². The number of ether oxygens (including phenoxy) is 2. The van der Waals surface area contributed by atoms with Crippen LogP contribution in [0.2, 0.25) is 0 Å². The van der Waals surface area contributed by atoms with Crippen molar-refractivity contribution in [2.75, 3.05) is 7.11 Å². The molecule has 0 saturated carbocycles. The molecule has 0 spiro atoms. The van der Waals surface area contributed by atoms with E-state index in [0.29, 0.717) is 5.56 Å².